The fourth-order valence-corrected chi connectivity index (χ4v) is 6.37. The van der Waals surface area contributed by atoms with Crippen LogP contribution in [0.4, 0.5) is 10.1 Å². The summed E-state index contributed by atoms with van der Waals surface area (Å²) in [5.41, 5.74) is 1.70. The van der Waals surface area contributed by atoms with Gasteiger partial charge in [0.1, 0.15) is 10.7 Å². The molecule has 32 heavy (non-hydrogen) atoms. The molecule has 0 spiro atoms. The van der Waals surface area contributed by atoms with E-state index in [0.29, 0.717) is 24.8 Å². The number of anilines is 1. The quantitative estimate of drug-likeness (QED) is 0.721. The molecule has 2 N–H and O–H groups in total. The van der Waals surface area contributed by atoms with Gasteiger partial charge in [-0.05, 0) is 68.5 Å². The largest absolute Gasteiger partial charge is 0.330 e. The second kappa shape index (κ2) is 9.68. The number of halogens is 1. The third-order valence-electron chi connectivity index (χ3n) is 6.63. The van der Waals surface area contributed by atoms with E-state index >= 15 is 0 Å². The smallest absolute Gasteiger partial charge is 0.255 e. The number of hydrogen-bond acceptors (Lipinski definition) is 3. The number of quaternary nitrogens is 1. The minimum absolute atomic E-state index is 0.109. The summed E-state index contributed by atoms with van der Waals surface area (Å²) in [5.74, 6) is -1.31. The van der Waals surface area contributed by atoms with E-state index in [2.05, 4.69) is 5.32 Å². The van der Waals surface area contributed by atoms with Gasteiger partial charge in [-0.3, -0.25) is 4.79 Å². The minimum Gasteiger partial charge on any atom is -0.330 e. The molecule has 1 saturated heterocycles. The molecule has 1 saturated carbocycles. The average Bonchev–Trinajstić information content (AvgIpc) is 2.80. The van der Waals surface area contributed by atoms with Crippen LogP contribution in [0.3, 0.4) is 0 Å². The Kier molecular flexibility index (Phi) is 6.93. The van der Waals surface area contributed by atoms with Crippen LogP contribution in [0.5, 0.6) is 0 Å². The van der Waals surface area contributed by atoms with Crippen molar-refractivity contribution in [2.45, 2.75) is 50.0 Å². The van der Waals surface area contributed by atoms with Crippen molar-refractivity contribution in [3.05, 3.63) is 59.4 Å². The predicted octanol–water partition coefficient (Wildman–Crippen LogP) is 2.61. The first-order chi connectivity index (χ1) is 15.3. The third-order valence-corrected chi connectivity index (χ3v) is 8.55. The van der Waals surface area contributed by atoms with Crippen LogP contribution in [0.15, 0.2) is 47.4 Å². The summed E-state index contributed by atoms with van der Waals surface area (Å²) >= 11 is 0. The van der Waals surface area contributed by atoms with Crippen molar-refractivity contribution in [1.82, 2.24) is 4.31 Å². The molecular formula is C24H31FN3O3S+. The van der Waals surface area contributed by atoms with E-state index in [9.17, 15) is 17.6 Å². The number of nitrogens with zero attached hydrogens (tertiary/aromatic N) is 1. The fourth-order valence-electron chi connectivity index (χ4n) is 4.84. The molecule has 1 aliphatic heterocycles. The van der Waals surface area contributed by atoms with Crippen LogP contribution in [0.25, 0.3) is 0 Å². The van der Waals surface area contributed by atoms with E-state index in [-0.39, 0.29) is 5.56 Å². The Hall–Kier alpha value is -2.29. The van der Waals surface area contributed by atoms with E-state index < -0.39 is 26.6 Å². The number of nitrogens with one attached hydrogen (secondary N) is 2. The first-order valence-corrected chi connectivity index (χ1v) is 12.8. The summed E-state index contributed by atoms with van der Waals surface area (Å²) in [6, 6.07) is 11.4. The topological polar surface area (TPSA) is 70.9 Å². The van der Waals surface area contributed by atoms with Crippen molar-refractivity contribution in [3.8, 4) is 0 Å². The van der Waals surface area contributed by atoms with Crippen molar-refractivity contribution in [2.75, 3.05) is 31.5 Å². The molecule has 172 valence electrons. The van der Waals surface area contributed by atoms with E-state index in [1.54, 1.807) is 6.07 Å². The van der Waals surface area contributed by atoms with Gasteiger partial charge in [0.2, 0.25) is 10.0 Å². The average molecular weight is 461 g/mol. The molecule has 4 rings (SSSR count). The summed E-state index contributed by atoms with van der Waals surface area (Å²) in [7, 11) is -4.02. The number of piperazine rings is 1. The van der Waals surface area contributed by atoms with E-state index in [0.717, 1.165) is 30.8 Å². The molecular weight excluding hydrogens is 429 g/mol. The number of rotatable bonds is 5. The van der Waals surface area contributed by atoms with Gasteiger partial charge in [0.15, 0.2) is 0 Å². The summed E-state index contributed by atoms with van der Waals surface area (Å²) < 4.78 is 42.4. The van der Waals surface area contributed by atoms with Gasteiger partial charge < -0.3 is 10.2 Å². The Balaban J connectivity index is 1.48. The second-order valence-corrected chi connectivity index (χ2v) is 10.8. The maximum Gasteiger partial charge on any atom is 0.255 e. The van der Waals surface area contributed by atoms with Gasteiger partial charge in [-0.1, -0.05) is 18.6 Å². The normalized spacial score (nSPS) is 19.1. The Labute approximate surface area is 189 Å². The van der Waals surface area contributed by atoms with Gasteiger partial charge in [-0.2, -0.15) is 4.31 Å². The molecule has 0 bridgehead atoms. The first-order valence-electron chi connectivity index (χ1n) is 11.4. The van der Waals surface area contributed by atoms with Crippen molar-refractivity contribution < 1.29 is 22.5 Å². The van der Waals surface area contributed by atoms with E-state index in [1.165, 1.54) is 47.4 Å². The molecule has 2 aromatic carbocycles. The molecule has 1 amide bonds. The van der Waals surface area contributed by atoms with Crippen LogP contribution >= 0.6 is 0 Å². The van der Waals surface area contributed by atoms with Gasteiger partial charge in [0.25, 0.3) is 5.91 Å². The van der Waals surface area contributed by atoms with Crippen molar-refractivity contribution in [3.63, 3.8) is 0 Å². The van der Waals surface area contributed by atoms with Crippen molar-refractivity contribution in [1.29, 1.82) is 0 Å². The second-order valence-electron chi connectivity index (χ2n) is 8.87. The number of hydrogen-bond donors (Lipinski definition) is 2. The van der Waals surface area contributed by atoms with Crippen molar-refractivity contribution in [2.24, 2.45) is 0 Å². The molecule has 6 nitrogen and oxygen atoms in total. The molecule has 0 radical (unpaired) electrons. The lowest BCUT2D eigenvalue weighted by molar-refractivity contribution is -0.930. The molecule has 2 aliphatic rings. The van der Waals surface area contributed by atoms with Crippen LogP contribution < -0.4 is 10.2 Å². The molecule has 8 heteroatoms. The molecule has 0 aromatic heterocycles. The lowest BCUT2D eigenvalue weighted by Crippen LogP contribution is -3.18. The predicted molar refractivity (Wildman–Crippen MR) is 122 cm³/mol. The van der Waals surface area contributed by atoms with Crippen LogP contribution in [-0.4, -0.2) is 50.9 Å². The molecule has 1 heterocycles. The number of aryl methyl sites for hydroxylation is 1. The Bertz CT molecular complexity index is 1080. The SMILES string of the molecule is Cc1cccc(NC(=O)c2ccc(F)c(S(=O)(=O)N3CC[NH+](C4CCCCC4)CC3)c2)c1. The highest BCUT2D eigenvalue weighted by Crippen LogP contribution is 2.22. The number of benzene rings is 2. The van der Waals surface area contributed by atoms with Crippen molar-refractivity contribution >= 4 is 21.6 Å². The zero-order valence-electron chi connectivity index (χ0n) is 18.4. The zero-order valence-corrected chi connectivity index (χ0v) is 19.3. The third kappa shape index (κ3) is 5.03. The number of sulfonamides is 1. The standard InChI is InChI=1S/C24H30FN3O3S/c1-18-6-5-7-20(16-18)26-24(29)19-10-11-22(25)23(17-19)32(30,31)28-14-12-27(13-15-28)21-8-3-2-4-9-21/h5-7,10-11,16-17,21H,2-4,8-9,12-15H2,1H3,(H,26,29)/p+1. The Morgan fingerprint density at radius 2 is 1.78 bits per heavy atom. The minimum atomic E-state index is -4.02. The van der Waals surface area contributed by atoms with E-state index in [1.807, 2.05) is 25.1 Å². The highest BCUT2D eigenvalue weighted by molar-refractivity contribution is 7.89. The molecule has 2 aromatic rings. The number of amides is 1. The van der Waals surface area contributed by atoms with Gasteiger partial charge in [0.05, 0.1) is 32.2 Å². The monoisotopic (exact) mass is 460 g/mol. The maximum atomic E-state index is 14.6. The van der Waals surface area contributed by atoms with Crippen LogP contribution in [0.2, 0.25) is 0 Å². The Morgan fingerprint density at radius 3 is 2.47 bits per heavy atom. The first kappa shape index (κ1) is 22.9. The molecule has 0 atom stereocenters. The van der Waals surface area contributed by atoms with Crippen LogP contribution in [0.1, 0.15) is 48.0 Å². The molecule has 1 aliphatic carbocycles. The summed E-state index contributed by atoms with van der Waals surface area (Å²) in [5, 5.41) is 2.75. The summed E-state index contributed by atoms with van der Waals surface area (Å²) in [6.07, 6.45) is 6.19. The fraction of sp³-hybridized carbons (Fsp3) is 0.458. The van der Waals surface area contributed by atoms with Gasteiger partial charge in [-0.25, -0.2) is 12.8 Å². The lowest BCUT2D eigenvalue weighted by Gasteiger charge is -2.37. The van der Waals surface area contributed by atoms with Gasteiger partial charge in [0, 0.05) is 11.3 Å². The maximum absolute atomic E-state index is 14.6. The van der Waals surface area contributed by atoms with Crippen LogP contribution in [-0.2, 0) is 10.0 Å². The zero-order chi connectivity index (χ0) is 22.7. The molecule has 0 unspecified atom stereocenters. The number of carbonyl (C=O) groups is 1. The van der Waals surface area contributed by atoms with E-state index in [4.69, 9.17) is 0 Å². The highest BCUT2D eigenvalue weighted by atomic mass is 32.2. The summed E-state index contributed by atoms with van der Waals surface area (Å²) in [6.45, 7) is 4.12. The lowest BCUT2D eigenvalue weighted by atomic mass is 9.94. The van der Waals surface area contributed by atoms with Gasteiger partial charge >= 0.3 is 0 Å². The number of carbonyl (C=O) groups excluding carboxylic acids is 1. The highest BCUT2D eigenvalue weighted by Gasteiger charge is 2.35. The summed E-state index contributed by atoms with van der Waals surface area (Å²) in [4.78, 5) is 13.7. The Morgan fingerprint density at radius 1 is 1.06 bits per heavy atom. The van der Waals surface area contributed by atoms with Gasteiger partial charge in [-0.15, -0.1) is 0 Å². The molecule has 2 fully saturated rings. The van der Waals surface area contributed by atoms with Crippen LogP contribution in [0, 0.1) is 12.7 Å².